The van der Waals surface area contributed by atoms with E-state index in [9.17, 15) is 4.79 Å². The van der Waals surface area contributed by atoms with Crippen LogP contribution in [0.3, 0.4) is 0 Å². The van der Waals surface area contributed by atoms with E-state index in [2.05, 4.69) is 5.32 Å². The Kier molecular flexibility index (Phi) is 5.17. The average molecular weight is 286 g/mol. The van der Waals surface area contributed by atoms with Gasteiger partial charge in [-0.15, -0.1) is 0 Å². The van der Waals surface area contributed by atoms with Crippen molar-refractivity contribution < 1.29 is 14.3 Å². The molecule has 2 aromatic rings. The Morgan fingerprint density at radius 1 is 1.14 bits per heavy atom. The Balaban J connectivity index is 1.96. The number of hydrogen-bond acceptors (Lipinski definition) is 4. The minimum Gasteiger partial charge on any atom is -0.491 e. The summed E-state index contributed by atoms with van der Waals surface area (Å²) in [7, 11) is 1.62. The largest absolute Gasteiger partial charge is 0.491 e. The normalized spacial score (nSPS) is 10.1. The van der Waals surface area contributed by atoms with Crippen molar-refractivity contribution in [1.82, 2.24) is 0 Å². The van der Waals surface area contributed by atoms with Gasteiger partial charge in [0.1, 0.15) is 12.4 Å². The van der Waals surface area contributed by atoms with Gasteiger partial charge in [0, 0.05) is 24.0 Å². The number of nitrogen functional groups attached to an aromatic ring is 1. The molecular weight excluding hydrogens is 268 g/mol. The molecule has 0 radical (unpaired) electrons. The number of nitrogens with one attached hydrogen (secondary N) is 1. The summed E-state index contributed by atoms with van der Waals surface area (Å²) < 4.78 is 10.3. The van der Waals surface area contributed by atoms with Crippen LogP contribution in [0.5, 0.6) is 5.75 Å². The van der Waals surface area contributed by atoms with Gasteiger partial charge in [-0.05, 0) is 42.5 Å². The van der Waals surface area contributed by atoms with E-state index in [1.54, 1.807) is 55.6 Å². The summed E-state index contributed by atoms with van der Waals surface area (Å²) in [6.45, 7) is 1.00. The molecule has 0 aromatic heterocycles. The molecule has 0 unspecified atom stereocenters. The Hall–Kier alpha value is -2.53. The Bertz CT molecular complexity index is 597. The summed E-state index contributed by atoms with van der Waals surface area (Å²) in [5, 5.41) is 2.79. The molecule has 3 N–H and O–H groups in total. The molecule has 2 aromatic carbocycles. The Morgan fingerprint density at radius 3 is 2.57 bits per heavy atom. The van der Waals surface area contributed by atoms with Gasteiger partial charge in [-0.3, -0.25) is 4.79 Å². The molecular formula is C16H18N2O3. The van der Waals surface area contributed by atoms with Gasteiger partial charge in [0.15, 0.2) is 0 Å². The first-order chi connectivity index (χ1) is 10.2. The van der Waals surface area contributed by atoms with Gasteiger partial charge in [0.25, 0.3) is 5.91 Å². The van der Waals surface area contributed by atoms with Crippen LogP contribution in [0.4, 0.5) is 11.4 Å². The van der Waals surface area contributed by atoms with E-state index in [-0.39, 0.29) is 5.91 Å². The van der Waals surface area contributed by atoms with Crippen molar-refractivity contribution in [2.45, 2.75) is 0 Å². The minimum atomic E-state index is -0.191. The summed E-state index contributed by atoms with van der Waals surface area (Å²) in [6.07, 6.45) is 0. The fourth-order valence-corrected chi connectivity index (χ4v) is 1.77. The maximum Gasteiger partial charge on any atom is 0.255 e. The van der Waals surface area contributed by atoms with Crippen LogP contribution in [0.1, 0.15) is 10.4 Å². The maximum atomic E-state index is 12.1. The van der Waals surface area contributed by atoms with Crippen LogP contribution < -0.4 is 15.8 Å². The lowest BCUT2D eigenvalue weighted by Crippen LogP contribution is -2.12. The van der Waals surface area contributed by atoms with Crippen molar-refractivity contribution in [2.75, 3.05) is 31.4 Å². The first-order valence-corrected chi connectivity index (χ1v) is 6.58. The highest BCUT2D eigenvalue weighted by molar-refractivity contribution is 6.04. The third kappa shape index (κ3) is 4.50. The monoisotopic (exact) mass is 286 g/mol. The summed E-state index contributed by atoms with van der Waals surface area (Å²) in [5.74, 6) is 0.511. The topological polar surface area (TPSA) is 73.6 Å². The second-order valence-corrected chi connectivity index (χ2v) is 4.45. The molecule has 5 heteroatoms. The first-order valence-electron chi connectivity index (χ1n) is 6.58. The van der Waals surface area contributed by atoms with Crippen LogP contribution in [-0.4, -0.2) is 26.2 Å². The van der Waals surface area contributed by atoms with Crippen LogP contribution in [0.25, 0.3) is 0 Å². The highest BCUT2D eigenvalue weighted by Crippen LogP contribution is 2.15. The summed E-state index contributed by atoms with van der Waals surface area (Å²) in [4.78, 5) is 12.1. The standard InChI is InChI=1S/C16H18N2O3/c1-20-9-10-21-15-7-5-12(6-8-15)16(19)18-14-4-2-3-13(17)11-14/h2-8,11H,9-10,17H2,1H3,(H,18,19). The van der Waals surface area contributed by atoms with Gasteiger partial charge in [0.2, 0.25) is 0 Å². The third-order valence-electron chi connectivity index (χ3n) is 2.82. The molecule has 2 rings (SSSR count). The molecule has 1 amide bonds. The number of benzene rings is 2. The lowest BCUT2D eigenvalue weighted by Gasteiger charge is -2.08. The van der Waals surface area contributed by atoms with Gasteiger partial charge in [-0.2, -0.15) is 0 Å². The SMILES string of the molecule is COCCOc1ccc(C(=O)Nc2cccc(N)c2)cc1. The molecule has 110 valence electrons. The number of carbonyl (C=O) groups is 1. The molecule has 0 fully saturated rings. The van der Waals surface area contributed by atoms with Crippen molar-refractivity contribution in [3.63, 3.8) is 0 Å². The van der Waals surface area contributed by atoms with Crippen LogP contribution in [0.15, 0.2) is 48.5 Å². The second kappa shape index (κ2) is 7.31. The van der Waals surface area contributed by atoms with Crippen molar-refractivity contribution in [1.29, 1.82) is 0 Å². The molecule has 0 aliphatic carbocycles. The molecule has 21 heavy (non-hydrogen) atoms. The predicted molar refractivity (Wildman–Crippen MR) is 82.6 cm³/mol. The number of hydrogen-bond donors (Lipinski definition) is 2. The quantitative estimate of drug-likeness (QED) is 0.632. The minimum absolute atomic E-state index is 0.191. The molecule has 0 saturated carbocycles. The average Bonchev–Trinajstić information content (AvgIpc) is 2.48. The fraction of sp³-hybridized carbons (Fsp3) is 0.188. The maximum absolute atomic E-state index is 12.1. The van der Waals surface area contributed by atoms with Gasteiger partial charge < -0.3 is 20.5 Å². The molecule has 0 atom stereocenters. The van der Waals surface area contributed by atoms with Gasteiger partial charge in [0.05, 0.1) is 6.61 Å². The van der Waals surface area contributed by atoms with E-state index in [0.717, 1.165) is 0 Å². The number of amides is 1. The fourth-order valence-electron chi connectivity index (χ4n) is 1.77. The number of anilines is 2. The summed E-state index contributed by atoms with van der Waals surface area (Å²) in [5.41, 5.74) is 7.50. The number of carbonyl (C=O) groups excluding carboxylic acids is 1. The van der Waals surface area contributed by atoms with Crippen LogP contribution >= 0.6 is 0 Å². The van der Waals surface area contributed by atoms with Crippen molar-refractivity contribution in [3.05, 3.63) is 54.1 Å². The number of rotatable bonds is 6. The van der Waals surface area contributed by atoms with E-state index in [1.807, 2.05) is 0 Å². The van der Waals surface area contributed by atoms with Crippen molar-refractivity contribution in [2.24, 2.45) is 0 Å². The molecule has 0 aliphatic rings. The van der Waals surface area contributed by atoms with E-state index < -0.39 is 0 Å². The predicted octanol–water partition coefficient (Wildman–Crippen LogP) is 2.55. The molecule has 0 spiro atoms. The number of ether oxygens (including phenoxy) is 2. The second-order valence-electron chi connectivity index (χ2n) is 4.45. The molecule has 0 bridgehead atoms. The van der Waals surface area contributed by atoms with E-state index in [1.165, 1.54) is 0 Å². The lowest BCUT2D eigenvalue weighted by molar-refractivity contribution is 0.102. The third-order valence-corrected chi connectivity index (χ3v) is 2.82. The molecule has 5 nitrogen and oxygen atoms in total. The van der Waals surface area contributed by atoms with E-state index >= 15 is 0 Å². The number of nitrogens with two attached hydrogens (primary N) is 1. The Labute approximate surface area is 123 Å². The van der Waals surface area contributed by atoms with Crippen molar-refractivity contribution in [3.8, 4) is 5.75 Å². The zero-order chi connectivity index (χ0) is 15.1. The van der Waals surface area contributed by atoms with E-state index in [0.29, 0.717) is 35.9 Å². The van der Waals surface area contributed by atoms with Gasteiger partial charge in [-0.1, -0.05) is 6.07 Å². The van der Waals surface area contributed by atoms with Crippen molar-refractivity contribution >= 4 is 17.3 Å². The van der Waals surface area contributed by atoms with Crippen LogP contribution in [0, 0.1) is 0 Å². The smallest absolute Gasteiger partial charge is 0.255 e. The zero-order valence-electron chi connectivity index (χ0n) is 11.8. The molecule has 0 saturated heterocycles. The zero-order valence-corrected chi connectivity index (χ0v) is 11.8. The lowest BCUT2D eigenvalue weighted by atomic mass is 10.2. The molecule has 0 aliphatic heterocycles. The van der Waals surface area contributed by atoms with E-state index in [4.69, 9.17) is 15.2 Å². The van der Waals surface area contributed by atoms with Gasteiger partial charge in [-0.25, -0.2) is 0 Å². The summed E-state index contributed by atoms with van der Waals surface area (Å²) in [6, 6.07) is 14.0. The first kappa shape index (κ1) is 14.9. The highest BCUT2D eigenvalue weighted by atomic mass is 16.5. The molecule has 0 heterocycles. The van der Waals surface area contributed by atoms with Crippen LogP contribution in [-0.2, 0) is 4.74 Å². The Morgan fingerprint density at radius 2 is 1.90 bits per heavy atom. The summed E-state index contributed by atoms with van der Waals surface area (Å²) >= 11 is 0. The highest BCUT2D eigenvalue weighted by Gasteiger charge is 2.06. The van der Waals surface area contributed by atoms with Gasteiger partial charge >= 0.3 is 0 Å². The van der Waals surface area contributed by atoms with Crippen LogP contribution in [0.2, 0.25) is 0 Å². The number of methoxy groups -OCH3 is 1.